The average Bonchev–Trinajstić information content (AvgIpc) is 2.82. The summed E-state index contributed by atoms with van der Waals surface area (Å²) < 4.78 is 5.03. The first-order valence-corrected chi connectivity index (χ1v) is 6.92. The molecule has 3 heterocycles. The van der Waals surface area contributed by atoms with Crippen molar-refractivity contribution in [2.45, 2.75) is 20.8 Å². The largest absolute Gasteiger partial charge is 0.305 e. The second kappa shape index (κ2) is 4.20. The van der Waals surface area contributed by atoms with Gasteiger partial charge in [-0.25, -0.2) is 4.98 Å². The Morgan fingerprint density at radius 2 is 1.89 bits per heavy atom. The number of imidazole rings is 1. The van der Waals surface area contributed by atoms with Crippen molar-refractivity contribution >= 4 is 21.6 Å². The normalized spacial score (nSPS) is 11.4. The molecule has 0 spiro atoms. The van der Waals surface area contributed by atoms with Crippen molar-refractivity contribution in [3.05, 3.63) is 39.9 Å². The molecule has 0 saturated heterocycles. The smallest absolute Gasteiger partial charge is 0.137 e. The molecule has 0 aromatic carbocycles. The van der Waals surface area contributed by atoms with E-state index in [1.165, 1.54) is 5.56 Å². The predicted octanol–water partition coefficient (Wildman–Crippen LogP) is 3.42. The second-order valence-electron chi connectivity index (χ2n) is 4.87. The van der Waals surface area contributed by atoms with Crippen LogP contribution in [-0.4, -0.2) is 19.2 Å². The number of hydrogen-bond acceptors (Lipinski definition) is 2. The summed E-state index contributed by atoms with van der Waals surface area (Å²) in [5.74, 6) is 0. The van der Waals surface area contributed by atoms with Crippen LogP contribution in [0.2, 0.25) is 0 Å². The Labute approximate surface area is 120 Å². The summed E-state index contributed by atoms with van der Waals surface area (Å²) in [4.78, 5) is 4.71. The Balaban J connectivity index is 2.26. The van der Waals surface area contributed by atoms with Gasteiger partial charge in [-0.15, -0.1) is 0 Å². The molecular formula is C14H15BrN4. The van der Waals surface area contributed by atoms with E-state index in [0.29, 0.717) is 0 Å². The summed E-state index contributed by atoms with van der Waals surface area (Å²) >= 11 is 3.55. The summed E-state index contributed by atoms with van der Waals surface area (Å²) in [5, 5.41) is 4.45. The first-order chi connectivity index (χ1) is 8.97. The van der Waals surface area contributed by atoms with E-state index in [9.17, 15) is 0 Å². The summed E-state index contributed by atoms with van der Waals surface area (Å²) in [6, 6.07) is 2.08. The monoisotopic (exact) mass is 318 g/mol. The minimum atomic E-state index is 0.957. The molecule has 0 bridgehead atoms. The van der Waals surface area contributed by atoms with Crippen LogP contribution in [0.25, 0.3) is 16.9 Å². The molecule has 3 aromatic heterocycles. The lowest BCUT2D eigenvalue weighted by atomic mass is 10.1. The van der Waals surface area contributed by atoms with Crippen LogP contribution in [0, 0.1) is 20.8 Å². The van der Waals surface area contributed by atoms with E-state index < -0.39 is 0 Å². The summed E-state index contributed by atoms with van der Waals surface area (Å²) in [6.07, 6.45) is 4.10. The molecule has 98 valence electrons. The quantitative estimate of drug-likeness (QED) is 0.689. The Morgan fingerprint density at radius 3 is 2.53 bits per heavy atom. The maximum absolute atomic E-state index is 4.71. The second-order valence-corrected chi connectivity index (χ2v) is 5.72. The molecule has 3 aromatic rings. The van der Waals surface area contributed by atoms with Gasteiger partial charge in [-0.2, -0.15) is 5.10 Å². The van der Waals surface area contributed by atoms with E-state index in [4.69, 9.17) is 4.98 Å². The highest BCUT2D eigenvalue weighted by Gasteiger charge is 2.15. The van der Waals surface area contributed by atoms with E-state index in [2.05, 4.69) is 47.1 Å². The van der Waals surface area contributed by atoms with Gasteiger partial charge in [-0.3, -0.25) is 4.68 Å². The zero-order valence-corrected chi connectivity index (χ0v) is 13.0. The van der Waals surface area contributed by atoms with Gasteiger partial charge in [0, 0.05) is 35.2 Å². The van der Waals surface area contributed by atoms with Crippen molar-refractivity contribution in [1.82, 2.24) is 19.2 Å². The molecule has 19 heavy (non-hydrogen) atoms. The van der Waals surface area contributed by atoms with Gasteiger partial charge in [0.05, 0.1) is 11.4 Å². The van der Waals surface area contributed by atoms with Gasteiger partial charge in [0.25, 0.3) is 0 Å². The highest BCUT2D eigenvalue weighted by Crippen LogP contribution is 2.27. The number of aromatic nitrogens is 4. The molecule has 3 rings (SSSR count). The van der Waals surface area contributed by atoms with Crippen LogP contribution in [0.1, 0.15) is 17.0 Å². The SMILES string of the molecule is Cc1cc2nc(-c3c(C)nn(C)c3C)cn2cc1Br. The summed E-state index contributed by atoms with van der Waals surface area (Å²) in [6.45, 7) is 6.16. The molecule has 0 atom stereocenters. The number of halogens is 1. The van der Waals surface area contributed by atoms with E-state index in [1.807, 2.05) is 29.3 Å². The van der Waals surface area contributed by atoms with Gasteiger partial charge in [0.15, 0.2) is 0 Å². The fourth-order valence-electron chi connectivity index (χ4n) is 2.37. The van der Waals surface area contributed by atoms with E-state index in [-0.39, 0.29) is 0 Å². The fraction of sp³-hybridized carbons (Fsp3) is 0.286. The van der Waals surface area contributed by atoms with Gasteiger partial charge in [0.2, 0.25) is 0 Å². The number of fused-ring (bicyclic) bond motifs is 1. The number of pyridine rings is 1. The van der Waals surface area contributed by atoms with E-state index in [0.717, 1.165) is 32.8 Å². The van der Waals surface area contributed by atoms with Crippen LogP contribution >= 0.6 is 15.9 Å². The van der Waals surface area contributed by atoms with Gasteiger partial charge < -0.3 is 4.40 Å². The molecule has 0 aliphatic heterocycles. The minimum absolute atomic E-state index is 0.957. The summed E-state index contributed by atoms with van der Waals surface area (Å²) in [5.41, 5.74) is 6.39. The van der Waals surface area contributed by atoms with Crippen molar-refractivity contribution in [3.63, 3.8) is 0 Å². The number of hydrogen-bond donors (Lipinski definition) is 0. The molecule has 0 saturated carbocycles. The van der Waals surface area contributed by atoms with Crippen LogP contribution in [0.5, 0.6) is 0 Å². The number of rotatable bonds is 1. The van der Waals surface area contributed by atoms with Crippen molar-refractivity contribution < 1.29 is 0 Å². The Kier molecular flexibility index (Phi) is 2.74. The zero-order chi connectivity index (χ0) is 13.7. The lowest BCUT2D eigenvalue weighted by Gasteiger charge is -1.98. The third kappa shape index (κ3) is 1.89. The lowest BCUT2D eigenvalue weighted by molar-refractivity contribution is 0.731. The highest BCUT2D eigenvalue weighted by molar-refractivity contribution is 9.10. The van der Waals surface area contributed by atoms with Crippen molar-refractivity contribution in [3.8, 4) is 11.3 Å². The molecule has 0 radical (unpaired) electrons. The standard InChI is InChI=1S/C14H15BrN4/c1-8-5-13-16-12(7-19(13)6-11(8)15)14-9(2)17-18(4)10(14)3/h5-7H,1-4H3. The van der Waals surface area contributed by atoms with Gasteiger partial charge >= 0.3 is 0 Å². The molecule has 0 aliphatic carbocycles. The van der Waals surface area contributed by atoms with Gasteiger partial charge in [-0.05, 0) is 48.3 Å². The molecule has 0 aliphatic rings. The first kappa shape index (κ1) is 12.4. The maximum atomic E-state index is 4.71. The highest BCUT2D eigenvalue weighted by atomic mass is 79.9. The van der Waals surface area contributed by atoms with Crippen LogP contribution < -0.4 is 0 Å². The Morgan fingerprint density at radius 1 is 1.16 bits per heavy atom. The third-order valence-electron chi connectivity index (χ3n) is 3.50. The topological polar surface area (TPSA) is 35.1 Å². The van der Waals surface area contributed by atoms with Gasteiger partial charge in [-0.1, -0.05) is 0 Å². The van der Waals surface area contributed by atoms with Crippen LogP contribution in [0.4, 0.5) is 0 Å². The third-order valence-corrected chi connectivity index (χ3v) is 4.33. The minimum Gasteiger partial charge on any atom is -0.305 e. The van der Waals surface area contributed by atoms with Crippen molar-refractivity contribution in [2.75, 3.05) is 0 Å². The van der Waals surface area contributed by atoms with Crippen molar-refractivity contribution in [2.24, 2.45) is 7.05 Å². The van der Waals surface area contributed by atoms with Gasteiger partial charge in [0.1, 0.15) is 5.65 Å². The molecule has 5 heteroatoms. The molecule has 0 amide bonds. The molecule has 4 nitrogen and oxygen atoms in total. The molecule has 0 N–H and O–H groups in total. The van der Waals surface area contributed by atoms with Crippen molar-refractivity contribution in [1.29, 1.82) is 0 Å². The maximum Gasteiger partial charge on any atom is 0.137 e. The molecule has 0 fully saturated rings. The number of aryl methyl sites for hydroxylation is 3. The Hall–Kier alpha value is -1.62. The van der Waals surface area contributed by atoms with Crippen LogP contribution in [-0.2, 0) is 7.05 Å². The first-order valence-electron chi connectivity index (χ1n) is 6.13. The Bertz CT molecular complexity index is 743. The average molecular weight is 319 g/mol. The number of nitrogens with zero attached hydrogens (tertiary/aromatic N) is 4. The fourth-order valence-corrected chi connectivity index (χ4v) is 2.70. The van der Waals surface area contributed by atoms with E-state index in [1.54, 1.807) is 0 Å². The zero-order valence-electron chi connectivity index (χ0n) is 11.4. The summed E-state index contributed by atoms with van der Waals surface area (Å²) in [7, 11) is 1.96. The molecule has 0 unspecified atom stereocenters. The predicted molar refractivity (Wildman–Crippen MR) is 79.3 cm³/mol. The van der Waals surface area contributed by atoms with Crippen LogP contribution in [0.15, 0.2) is 22.9 Å². The lowest BCUT2D eigenvalue weighted by Crippen LogP contribution is -1.92. The van der Waals surface area contributed by atoms with Crippen LogP contribution in [0.3, 0.4) is 0 Å². The van der Waals surface area contributed by atoms with E-state index >= 15 is 0 Å². The molecular weight excluding hydrogens is 304 g/mol.